The Morgan fingerprint density at radius 2 is 2.08 bits per heavy atom. The first-order valence-corrected chi connectivity index (χ1v) is 13.4. The van der Waals surface area contributed by atoms with Gasteiger partial charge in [0.25, 0.3) is 5.56 Å². The van der Waals surface area contributed by atoms with Gasteiger partial charge in [-0.1, -0.05) is 5.16 Å². The highest BCUT2D eigenvalue weighted by Crippen LogP contribution is 2.35. The summed E-state index contributed by atoms with van der Waals surface area (Å²) >= 11 is 0. The average molecular weight is 544 g/mol. The molecule has 11 heteroatoms. The number of fused-ring (bicyclic) bond motifs is 2. The molecular weight excluding hydrogens is 505 g/mol. The number of alkyl carbamates (subject to hydrolysis) is 1. The lowest BCUT2D eigenvalue weighted by Crippen LogP contribution is -2.56. The van der Waals surface area contributed by atoms with E-state index in [2.05, 4.69) is 15.5 Å². The van der Waals surface area contributed by atoms with Gasteiger partial charge in [-0.2, -0.15) is 0 Å². The van der Waals surface area contributed by atoms with Gasteiger partial charge in [-0.3, -0.25) is 13.8 Å². The van der Waals surface area contributed by atoms with Gasteiger partial charge in [-0.05, 0) is 38.8 Å². The molecule has 0 spiro atoms. The summed E-state index contributed by atoms with van der Waals surface area (Å²) in [5.74, 6) is 0.225. The molecule has 1 fully saturated rings. The number of hydrogen-bond acceptors (Lipinski definition) is 7. The highest BCUT2D eigenvalue weighted by Gasteiger charge is 2.37. The van der Waals surface area contributed by atoms with Crippen molar-refractivity contribution in [1.29, 1.82) is 0 Å². The molecule has 3 aromatic rings. The lowest BCUT2D eigenvalue weighted by Gasteiger charge is -2.42. The minimum atomic E-state index is -0.712. The smallest absolute Gasteiger partial charge is 0.399 e. The molecule has 0 saturated carbocycles. The molecule has 5 rings (SSSR count). The fourth-order valence-corrected chi connectivity index (χ4v) is 5.82. The fraction of sp³-hybridized carbons (Fsp3) is 0.536. The first kappa shape index (κ1) is 28.7. The van der Waals surface area contributed by atoms with Gasteiger partial charge in [0.2, 0.25) is 6.73 Å². The minimum absolute atomic E-state index is 0. The number of likely N-dealkylation sites (tertiary alicyclic amines) is 1. The van der Waals surface area contributed by atoms with Gasteiger partial charge in [0.05, 0.1) is 25.3 Å². The van der Waals surface area contributed by atoms with E-state index >= 15 is 0 Å². The Labute approximate surface area is 227 Å². The van der Waals surface area contributed by atoms with E-state index in [1.165, 1.54) is 12.1 Å². The lowest BCUT2D eigenvalue weighted by molar-refractivity contribution is -0.947. The molecule has 2 aliphatic heterocycles. The van der Waals surface area contributed by atoms with E-state index in [0.717, 1.165) is 43.4 Å². The first-order chi connectivity index (χ1) is 18.3. The third kappa shape index (κ3) is 5.84. The number of rotatable bonds is 7. The van der Waals surface area contributed by atoms with Gasteiger partial charge in [0, 0.05) is 61.0 Å². The number of benzene rings is 1. The van der Waals surface area contributed by atoms with Crippen LogP contribution in [0.15, 0.2) is 27.5 Å². The van der Waals surface area contributed by atoms with Crippen LogP contribution in [-0.2, 0) is 17.7 Å². The lowest BCUT2D eigenvalue weighted by atomic mass is 9.90. The molecule has 1 amide bonds. The molecule has 39 heavy (non-hydrogen) atoms. The van der Waals surface area contributed by atoms with Crippen LogP contribution in [0.2, 0.25) is 0 Å². The molecule has 2 aliphatic rings. The van der Waals surface area contributed by atoms with Gasteiger partial charge in [-0.15, -0.1) is 0 Å². The number of carbonyl (C=O) groups excluding carboxylic acids is 1. The highest BCUT2D eigenvalue weighted by molar-refractivity contribution is 5.79. The van der Waals surface area contributed by atoms with Crippen molar-refractivity contribution >= 4 is 17.1 Å². The Kier molecular flexibility index (Phi) is 8.70. The normalized spacial score (nSPS) is 22.7. The van der Waals surface area contributed by atoms with Crippen molar-refractivity contribution in [3.8, 4) is 0 Å². The van der Waals surface area contributed by atoms with Gasteiger partial charge in [-0.25, -0.2) is 14.2 Å². The number of aryl methyl sites for hydroxylation is 1. The monoisotopic (exact) mass is 543 g/mol. The van der Waals surface area contributed by atoms with Crippen molar-refractivity contribution < 1.29 is 28.0 Å². The van der Waals surface area contributed by atoms with Gasteiger partial charge in [0.15, 0.2) is 5.58 Å². The second-order valence-corrected chi connectivity index (χ2v) is 10.5. The predicted molar refractivity (Wildman–Crippen MR) is 143 cm³/mol. The molecule has 0 aliphatic carbocycles. The molecule has 0 radical (unpaired) electrons. The number of aliphatic hydroxyl groups excluding tert-OH is 1. The number of quaternary nitrogens is 1. The maximum Gasteiger partial charge on any atom is 0.411 e. The van der Waals surface area contributed by atoms with Crippen molar-refractivity contribution in [1.82, 2.24) is 20.0 Å². The van der Waals surface area contributed by atoms with Crippen LogP contribution in [0, 0.1) is 20.2 Å². The molecule has 10 nitrogen and oxygen atoms in total. The second-order valence-electron chi connectivity index (χ2n) is 10.5. The summed E-state index contributed by atoms with van der Waals surface area (Å²) in [6.45, 7) is 6.93. The van der Waals surface area contributed by atoms with Crippen LogP contribution in [0.1, 0.15) is 67.4 Å². The molecule has 2 N–H and O–H groups in total. The maximum atomic E-state index is 13.6. The predicted octanol–water partition coefficient (Wildman–Crippen LogP) is 3.75. The topological polar surface area (TPSA) is 119 Å². The van der Waals surface area contributed by atoms with E-state index < -0.39 is 12.2 Å². The summed E-state index contributed by atoms with van der Waals surface area (Å²) in [5.41, 5.74) is 2.46. The van der Waals surface area contributed by atoms with Crippen LogP contribution in [-0.4, -0.2) is 63.3 Å². The van der Waals surface area contributed by atoms with E-state index in [1.54, 1.807) is 10.6 Å². The van der Waals surface area contributed by atoms with Gasteiger partial charge >= 0.3 is 6.09 Å². The standard InChI is InChI=1S/C27H34FN5O5.CH3/c1-3-29-27(36)37-16-33(14-10-20-17(2)30-25-22(34)5-4-11-32(25)26(20)35)12-8-18(9-13-33)24-21-7-6-19(28)15-23(21)38-31-24;/h6-7,15,18,22,34H,3-5,8-14,16H2,1-2H3;1H3/q;-1/p+1. The van der Waals surface area contributed by atoms with E-state index in [4.69, 9.17) is 9.26 Å². The maximum absolute atomic E-state index is 13.6. The van der Waals surface area contributed by atoms with E-state index in [-0.39, 0.29) is 31.5 Å². The zero-order valence-corrected chi connectivity index (χ0v) is 22.9. The van der Waals surface area contributed by atoms with Crippen LogP contribution >= 0.6 is 0 Å². The molecule has 1 unspecified atom stereocenters. The number of hydrogen-bond donors (Lipinski definition) is 2. The molecule has 1 atom stereocenters. The largest absolute Gasteiger partial charge is 0.411 e. The van der Waals surface area contributed by atoms with Crippen LogP contribution < -0.4 is 10.9 Å². The zero-order chi connectivity index (χ0) is 26.9. The number of ether oxygens (including phenoxy) is 1. The summed E-state index contributed by atoms with van der Waals surface area (Å²) in [7, 11) is 0. The summed E-state index contributed by atoms with van der Waals surface area (Å²) < 4.78 is 26.7. The SMILES string of the molecule is CCNC(=O)OC[N+]1(CCc2c(C)nc3n(c2=O)CCCC3O)CCC(c2noc3cc(F)ccc23)CC1.[CH3-]. The zero-order valence-electron chi connectivity index (χ0n) is 22.9. The Morgan fingerprint density at radius 1 is 1.31 bits per heavy atom. The average Bonchev–Trinajstić information content (AvgIpc) is 3.32. The number of nitrogens with zero attached hydrogens (tertiary/aromatic N) is 4. The van der Waals surface area contributed by atoms with Crippen LogP contribution in [0.3, 0.4) is 0 Å². The molecular formula is C28H38FN5O5. The summed E-state index contributed by atoms with van der Waals surface area (Å²) in [4.78, 5) is 30.1. The quantitative estimate of drug-likeness (QED) is 0.344. The molecule has 1 aromatic carbocycles. The van der Waals surface area contributed by atoms with Crippen LogP contribution in [0.25, 0.3) is 11.0 Å². The molecule has 1 saturated heterocycles. The number of aliphatic hydroxyl groups is 1. The van der Waals surface area contributed by atoms with Gasteiger partial charge in [0.1, 0.15) is 17.7 Å². The Hall–Kier alpha value is -3.31. The summed E-state index contributed by atoms with van der Waals surface area (Å²) in [5, 5.41) is 18.1. The van der Waals surface area contributed by atoms with Crippen LogP contribution in [0.5, 0.6) is 0 Å². The van der Waals surface area contributed by atoms with E-state index in [0.29, 0.717) is 59.6 Å². The first-order valence-electron chi connectivity index (χ1n) is 13.4. The summed E-state index contributed by atoms with van der Waals surface area (Å²) in [6, 6.07) is 4.47. The fourth-order valence-electron chi connectivity index (χ4n) is 5.82. The minimum Gasteiger partial charge on any atom is -0.399 e. The number of carbonyl (C=O) groups is 1. The number of nitrogens with one attached hydrogen (secondary N) is 1. The van der Waals surface area contributed by atoms with Crippen molar-refractivity contribution in [3.05, 3.63) is 64.6 Å². The second kappa shape index (κ2) is 11.8. The highest BCUT2D eigenvalue weighted by atomic mass is 19.1. The Bertz CT molecular complexity index is 1380. The molecule has 212 valence electrons. The van der Waals surface area contributed by atoms with Crippen LogP contribution in [0.4, 0.5) is 9.18 Å². The molecule has 4 heterocycles. The Morgan fingerprint density at radius 3 is 2.82 bits per heavy atom. The van der Waals surface area contributed by atoms with Crippen molar-refractivity contribution in [3.63, 3.8) is 0 Å². The molecule has 0 bridgehead atoms. The van der Waals surface area contributed by atoms with E-state index in [9.17, 15) is 19.1 Å². The van der Waals surface area contributed by atoms with E-state index in [1.807, 2.05) is 13.8 Å². The van der Waals surface area contributed by atoms with Gasteiger partial charge < -0.3 is 27.1 Å². The molecule has 2 aromatic heterocycles. The number of amides is 1. The van der Waals surface area contributed by atoms with Crippen molar-refractivity contribution in [2.75, 3.05) is 32.9 Å². The number of halogens is 1. The third-order valence-corrected chi connectivity index (χ3v) is 8.04. The van der Waals surface area contributed by atoms with Crippen molar-refractivity contribution in [2.45, 2.75) is 64.5 Å². The Balaban J connectivity index is 0.00000353. The number of piperidine rings is 1. The van der Waals surface area contributed by atoms with Crippen molar-refractivity contribution in [2.24, 2.45) is 0 Å². The summed E-state index contributed by atoms with van der Waals surface area (Å²) in [6.07, 6.45) is 2.23. The number of aromatic nitrogens is 3. The third-order valence-electron chi connectivity index (χ3n) is 8.04.